The Balaban J connectivity index is 1.73. The molecule has 0 radical (unpaired) electrons. The van der Waals surface area contributed by atoms with Gasteiger partial charge in [0.05, 0.1) is 19.3 Å². The third-order valence-electron chi connectivity index (χ3n) is 4.86. The number of nitrogens with zero attached hydrogens (tertiary/aromatic N) is 6. The second-order valence-electron chi connectivity index (χ2n) is 7.07. The van der Waals surface area contributed by atoms with E-state index in [0.717, 1.165) is 11.6 Å². The Morgan fingerprint density at radius 2 is 1.93 bits per heavy atom. The first-order valence-electron chi connectivity index (χ1n) is 8.99. The molecule has 29 heavy (non-hydrogen) atoms. The largest absolute Gasteiger partial charge is 0.433 e. The summed E-state index contributed by atoms with van der Waals surface area (Å²) in [4.78, 5) is 13.8. The van der Waals surface area contributed by atoms with E-state index in [1.54, 1.807) is 35.0 Å². The number of hydrogen-bond acceptors (Lipinski definition) is 6. The molecule has 1 unspecified atom stereocenters. The summed E-state index contributed by atoms with van der Waals surface area (Å²) in [5.74, 6) is 0.212. The summed E-state index contributed by atoms with van der Waals surface area (Å²) >= 11 is 0. The summed E-state index contributed by atoms with van der Waals surface area (Å²) in [6, 6.07) is 4.15. The fourth-order valence-electron chi connectivity index (χ4n) is 3.31. The van der Waals surface area contributed by atoms with Crippen LogP contribution in [-0.2, 0) is 23.6 Å². The molecule has 0 bridgehead atoms. The van der Waals surface area contributed by atoms with E-state index in [1.165, 1.54) is 12.4 Å². The highest BCUT2D eigenvalue weighted by Crippen LogP contribution is 2.35. The van der Waals surface area contributed by atoms with Crippen molar-refractivity contribution in [3.63, 3.8) is 0 Å². The van der Waals surface area contributed by atoms with Crippen molar-refractivity contribution in [3.8, 4) is 11.4 Å². The zero-order chi connectivity index (χ0) is 20.6. The molecule has 0 N–H and O–H groups in total. The molecule has 0 spiro atoms. The van der Waals surface area contributed by atoms with Gasteiger partial charge in [0, 0.05) is 49.4 Å². The molecule has 152 valence electrons. The number of alkyl halides is 3. The van der Waals surface area contributed by atoms with E-state index in [0.29, 0.717) is 25.3 Å². The maximum absolute atomic E-state index is 13.5. The molecule has 0 aromatic carbocycles. The Kier molecular flexibility index (Phi) is 4.73. The Bertz CT molecular complexity index is 1010. The monoisotopic (exact) mass is 404 g/mol. The molecule has 10 heteroatoms. The summed E-state index contributed by atoms with van der Waals surface area (Å²) in [5.41, 5.74) is -0.379. The van der Waals surface area contributed by atoms with Crippen LogP contribution in [0.25, 0.3) is 11.4 Å². The number of pyridine rings is 1. The van der Waals surface area contributed by atoms with Gasteiger partial charge in [-0.1, -0.05) is 0 Å². The van der Waals surface area contributed by atoms with Gasteiger partial charge in [0.2, 0.25) is 0 Å². The maximum Gasteiger partial charge on any atom is 0.433 e. The van der Waals surface area contributed by atoms with Gasteiger partial charge in [0.1, 0.15) is 11.4 Å². The van der Waals surface area contributed by atoms with Crippen molar-refractivity contribution in [1.29, 1.82) is 0 Å². The van der Waals surface area contributed by atoms with E-state index in [-0.39, 0.29) is 11.6 Å². The number of aromatic nitrogens is 5. The summed E-state index contributed by atoms with van der Waals surface area (Å²) in [6.45, 7) is 3.00. The molecule has 1 saturated heterocycles. The van der Waals surface area contributed by atoms with Gasteiger partial charge < -0.3 is 9.64 Å². The molecule has 4 heterocycles. The average molecular weight is 404 g/mol. The lowest BCUT2D eigenvalue weighted by molar-refractivity contribution is -0.141. The van der Waals surface area contributed by atoms with Crippen molar-refractivity contribution < 1.29 is 17.9 Å². The summed E-state index contributed by atoms with van der Waals surface area (Å²) in [7, 11) is 1.80. The summed E-state index contributed by atoms with van der Waals surface area (Å²) in [6.07, 6.45) is 1.94. The summed E-state index contributed by atoms with van der Waals surface area (Å²) < 4.78 is 48.1. The van der Waals surface area contributed by atoms with Crippen LogP contribution in [0.2, 0.25) is 0 Å². The minimum atomic E-state index is -4.58. The van der Waals surface area contributed by atoms with E-state index in [1.807, 2.05) is 13.1 Å². The zero-order valence-electron chi connectivity index (χ0n) is 15.9. The van der Waals surface area contributed by atoms with Gasteiger partial charge in [-0.3, -0.25) is 9.67 Å². The van der Waals surface area contributed by atoms with Gasteiger partial charge in [-0.25, -0.2) is 9.97 Å². The van der Waals surface area contributed by atoms with E-state index >= 15 is 0 Å². The number of rotatable bonds is 3. The molecule has 3 aromatic rings. The lowest BCUT2D eigenvalue weighted by atomic mass is 9.97. The predicted molar refractivity (Wildman–Crippen MR) is 99.0 cm³/mol. The highest BCUT2D eigenvalue weighted by molar-refractivity contribution is 5.57. The maximum atomic E-state index is 13.5. The third-order valence-corrected chi connectivity index (χ3v) is 4.86. The van der Waals surface area contributed by atoms with Crippen molar-refractivity contribution in [2.45, 2.75) is 18.7 Å². The van der Waals surface area contributed by atoms with E-state index < -0.39 is 17.5 Å². The first-order valence-corrected chi connectivity index (χ1v) is 8.99. The highest BCUT2D eigenvalue weighted by Gasteiger charge is 2.38. The van der Waals surface area contributed by atoms with E-state index in [9.17, 15) is 13.2 Å². The molecule has 1 aliphatic rings. The number of aryl methyl sites for hydroxylation is 1. The van der Waals surface area contributed by atoms with Gasteiger partial charge >= 0.3 is 6.18 Å². The first kappa shape index (κ1) is 19.3. The molecule has 1 atom stereocenters. The molecular weight excluding hydrogens is 385 g/mol. The normalized spacial score (nSPS) is 20.1. The van der Waals surface area contributed by atoms with Crippen molar-refractivity contribution in [2.24, 2.45) is 7.05 Å². The van der Waals surface area contributed by atoms with Gasteiger partial charge in [-0.2, -0.15) is 18.3 Å². The molecule has 1 fully saturated rings. The van der Waals surface area contributed by atoms with Crippen LogP contribution in [0, 0.1) is 0 Å². The van der Waals surface area contributed by atoms with Crippen molar-refractivity contribution in [3.05, 3.63) is 54.2 Å². The van der Waals surface area contributed by atoms with Crippen LogP contribution in [0.15, 0.2) is 43.0 Å². The lowest BCUT2D eigenvalue weighted by Gasteiger charge is -2.40. The smallest absolute Gasteiger partial charge is 0.367 e. The quantitative estimate of drug-likeness (QED) is 0.669. The van der Waals surface area contributed by atoms with E-state index in [2.05, 4.69) is 20.1 Å². The van der Waals surface area contributed by atoms with Crippen molar-refractivity contribution in [2.75, 3.05) is 24.6 Å². The molecule has 1 aliphatic heterocycles. The fourth-order valence-corrected chi connectivity index (χ4v) is 3.31. The minimum absolute atomic E-state index is 0.00629. The topological polar surface area (TPSA) is 69.0 Å². The van der Waals surface area contributed by atoms with Crippen LogP contribution in [0.3, 0.4) is 0 Å². The molecular formula is C19H19F3N6O. The molecule has 0 amide bonds. The molecule has 3 aromatic heterocycles. The number of ether oxygens (including phenoxy) is 1. The zero-order valence-corrected chi connectivity index (χ0v) is 15.9. The summed E-state index contributed by atoms with van der Waals surface area (Å²) in [5, 5.41) is 4.17. The SMILES string of the molecule is Cn1cc(C2(C)CN(c3cc(C(F)(F)F)nc(-c4ccncc4)n3)CCO2)cn1. The van der Waals surface area contributed by atoms with Crippen LogP contribution in [0.4, 0.5) is 19.0 Å². The van der Waals surface area contributed by atoms with Crippen LogP contribution in [-0.4, -0.2) is 44.4 Å². The second-order valence-corrected chi connectivity index (χ2v) is 7.07. The standard InChI is InChI=1S/C19H19F3N6O/c1-18(14-10-24-27(2)11-14)12-28(7-8-29-18)16-9-15(19(20,21)22)25-17(26-16)13-3-5-23-6-4-13/h3-6,9-11H,7-8,12H2,1-2H3. The van der Waals surface area contributed by atoms with Crippen LogP contribution in [0.1, 0.15) is 18.2 Å². The highest BCUT2D eigenvalue weighted by atomic mass is 19.4. The minimum Gasteiger partial charge on any atom is -0.367 e. The van der Waals surface area contributed by atoms with Crippen LogP contribution < -0.4 is 4.90 Å². The van der Waals surface area contributed by atoms with Gasteiger partial charge in [-0.05, 0) is 19.1 Å². The number of morpholine rings is 1. The van der Waals surface area contributed by atoms with E-state index in [4.69, 9.17) is 4.74 Å². The Morgan fingerprint density at radius 3 is 2.59 bits per heavy atom. The predicted octanol–water partition coefficient (Wildman–Crippen LogP) is 3.04. The Hall–Kier alpha value is -3.01. The first-order chi connectivity index (χ1) is 13.7. The molecule has 4 rings (SSSR count). The Labute approximate surface area is 165 Å². The average Bonchev–Trinajstić information content (AvgIpc) is 3.15. The van der Waals surface area contributed by atoms with Gasteiger partial charge in [0.15, 0.2) is 11.5 Å². The Morgan fingerprint density at radius 1 is 1.17 bits per heavy atom. The third kappa shape index (κ3) is 3.93. The van der Waals surface area contributed by atoms with Crippen molar-refractivity contribution >= 4 is 5.82 Å². The van der Waals surface area contributed by atoms with Gasteiger partial charge in [0.25, 0.3) is 0 Å². The molecule has 0 saturated carbocycles. The second kappa shape index (κ2) is 7.11. The molecule has 7 nitrogen and oxygen atoms in total. The molecule has 0 aliphatic carbocycles. The lowest BCUT2D eigenvalue weighted by Crippen LogP contribution is -2.48. The van der Waals surface area contributed by atoms with Crippen molar-refractivity contribution in [1.82, 2.24) is 24.7 Å². The number of hydrogen-bond donors (Lipinski definition) is 0. The number of halogens is 3. The number of anilines is 1. The fraction of sp³-hybridized carbons (Fsp3) is 0.368. The van der Waals surface area contributed by atoms with Crippen LogP contribution in [0.5, 0.6) is 0 Å². The van der Waals surface area contributed by atoms with Gasteiger partial charge in [-0.15, -0.1) is 0 Å². The van der Waals surface area contributed by atoms with Crippen LogP contribution >= 0.6 is 0 Å².